The predicted octanol–water partition coefficient (Wildman–Crippen LogP) is 17.8. The molecule has 36 nitrogen and oxygen atoms in total. The first-order chi connectivity index (χ1) is 69.9. The molecule has 0 fully saturated rings. The van der Waals surface area contributed by atoms with E-state index < -0.39 is 29.1 Å². The van der Waals surface area contributed by atoms with Crippen LogP contribution in [0.1, 0.15) is 117 Å². The van der Waals surface area contributed by atoms with E-state index in [1.165, 1.54) is 42.6 Å². The van der Waals surface area contributed by atoms with Crippen molar-refractivity contribution in [1.82, 2.24) is 140 Å². The number of pyridine rings is 4. The Hall–Kier alpha value is -14.7. The van der Waals surface area contributed by atoms with Crippen LogP contribution in [-0.4, -0.2) is 245 Å². The van der Waals surface area contributed by atoms with Gasteiger partial charge in [-0.05, 0) is 254 Å². The molecule has 0 atom stereocenters. The molecule has 11 aromatic heterocycles. The molecule has 0 radical (unpaired) electrons. The molecule has 0 saturated carbocycles. The monoisotopic (exact) mass is 2020 g/mol. The first kappa shape index (κ1) is 108. The summed E-state index contributed by atoms with van der Waals surface area (Å²) in [5.74, 6) is 2.54. The standard InChI is InChI=1S/C27H36FN9O.C26H34FN9O.C25H26ClF2N7O.C24H28FN7OS/c1-6-35(7-2)12-13-38-24-9-8-23(25(28)19(24)5)37-27(32-33-34-37)22-14-20(15-30-26(22)29)21-16-31-36(17-21)11-10-18(3)4;1-6-34(7-2)10-11-37-23-9-8-22(24(27)18(23)5)36-26(31-32-33-36)21-12-19(13-29-25(21)28)20-14-30-35(16-20)15-17(3)4;1-4-34(5-2)10-11-36-22-9-8-21(23(28)15(22)3)35-25(31-32-33-35)18-12-17(14-30-24(18)29)16-6-7-20(27)19(26)13-16;1-5-31(6-2)9-10-33-20-8-7-19(22(25)16(20)4)32-24(28-29-30-32)18-12-17(13-27-23(18)26)21-11-15(3)14-34-21/h8-9,14-18H,6-7,10-13H2,1-5H3,(H2,29,30);8-9,12-14,16-17H,6-7,10-11,15H2,1-5H3,(H2,28,29);6-9,12-14H,4-5,10-11H2,1-3H3,(H2,29,30);7-8,11-14H,5-6,9-10H2,1-4H3,(H2,26,27). The smallest absolute Gasteiger partial charge is 0.190 e. The molecule has 16 rings (SSSR count). The van der Waals surface area contributed by atoms with E-state index in [1.54, 1.807) is 131 Å². The summed E-state index contributed by atoms with van der Waals surface area (Å²) in [4.78, 5) is 27.3. The van der Waals surface area contributed by atoms with E-state index in [0.717, 1.165) is 131 Å². The highest BCUT2D eigenvalue weighted by molar-refractivity contribution is 7.13. The molecule has 0 aliphatic rings. The highest BCUT2D eigenvalue weighted by Crippen LogP contribution is 2.40. The van der Waals surface area contributed by atoms with Gasteiger partial charge in [-0.1, -0.05) is 101 Å². The third-order valence-electron chi connectivity index (χ3n) is 24.6. The molecule has 8 N–H and O–H groups in total. The number of aromatic nitrogens is 24. The number of hydrogen-bond acceptors (Lipinski definition) is 31. The van der Waals surface area contributed by atoms with Crippen LogP contribution < -0.4 is 41.9 Å². The van der Waals surface area contributed by atoms with Crippen LogP contribution in [0.25, 0.3) is 112 Å². The summed E-state index contributed by atoms with van der Waals surface area (Å²) in [6, 6.07) is 27.0. The first-order valence-electron chi connectivity index (χ1n) is 48.2. The Bertz CT molecular complexity index is 7000. The van der Waals surface area contributed by atoms with E-state index in [2.05, 4.69) is 206 Å². The van der Waals surface area contributed by atoms with Crippen LogP contribution in [0.4, 0.5) is 45.2 Å². The van der Waals surface area contributed by atoms with E-state index in [0.29, 0.717) is 123 Å². The van der Waals surface area contributed by atoms with E-state index >= 15 is 17.6 Å². The van der Waals surface area contributed by atoms with E-state index in [-0.39, 0.29) is 68.5 Å². The molecule has 145 heavy (non-hydrogen) atoms. The number of nitrogen functional groups attached to an aromatic ring is 4. The quantitative estimate of drug-likeness (QED) is 0.0259. The van der Waals surface area contributed by atoms with Crippen molar-refractivity contribution >= 4 is 46.2 Å². The molecule has 0 amide bonds. The summed E-state index contributed by atoms with van der Waals surface area (Å²) in [5.41, 5.74) is 35.6. The lowest BCUT2D eigenvalue weighted by molar-refractivity contribution is 0.221. The number of aryl methyl sites for hydroxylation is 2. The molecule has 0 aliphatic heterocycles. The fraction of sp³-hybridized carbons (Fsp3) is 0.373. The number of anilines is 4. The van der Waals surface area contributed by atoms with Crippen molar-refractivity contribution < 1.29 is 40.9 Å². The Kier molecular flexibility index (Phi) is 37.4. The molecule has 0 aliphatic carbocycles. The van der Waals surface area contributed by atoms with Gasteiger partial charge >= 0.3 is 0 Å². The number of rotatable bonds is 41. The number of benzene rings is 5. The van der Waals surface area contributed by atoms with Crippen molar-refractivity contribution in [2.24, 2.45) is 11.8 Å². The van der Waals surface area contributed by atoms with Gasteiger partial charge in [0.05, 0.1) is 39.7 Å². The minimum absolute atomic E-state index is 0.0207. The van der Waals surface area contributed by atoms with Gasteiger partial charge in [-0.25, -0.2) is 41.9 Å². The van der Waals surface area contributed by atoms with Crippen molar-refractivity contribution in [2.75, 3.05) is 128 Å². The number of tetrazole rings is 4. The van der Waals surface area contributed by atoms with Crippen molar-refractivity contribution in [3.05, 3.63) is 214 Å². The van der Waals surface area contributed by atoms with Gasteiger partial charge in [0.25, 0.3) is 0 Å². The van der Waals surface area contributed by atoms with Crippen LogP contribution >= 0.6 is 22.9 Å². The molecule has 11 heterocycles. The van der Waals surface area contributed by atoms with Gasteiger partial charge in [0.2, 0.25) is 0 Å². The highest BCUT2D eigenvalue weighted by Gasteiger charge is 2.28. The number of halogens is 6. The largest absolute Gasteiger partial charge is 0.492 e. The summed E-state index contributed by atoms with van der Waals surface area (Å²) in [5, 5.41) is 58.7. The van der Waals surface area contributed by atoms with Gasteiger partial charge in [-0.3, -0.25) is 9.36 Å². The third-order valence-corrected chi connectivity index (χ3v) is 26.0. The minimum atomic E-state index is -0.528. The second kappa shape index (κ2) is 50.5. The van der Waals surface area contributed by atoms with Gasteiger partial charge in [0, 0.05) is 137 Å². The Morgan fingerprint density at radius 2 is 0.676 bits per heavy atom. The second-order valence-corrected chi connectivity index (χ2v) is 36.3. The summed E-state index contributed by atoms with van der Waals surface area (Å²) in [7, 11) is 0. The molecule has 0 bridgehead atoms. The lowest BCUT2D eigenvalue weighted by atomic mass is 10.0. The van der Waals surface area contributed by atoms with Crippen molar-refractivity contribution in [1.29, 1.82) is 0 Å². The van der Waals surface area contributed by atoms with Crippen LogP contribution in [0.2, 0.25) is 5.02 Å². The maximum absolute atomic E-state index is 15.6. The summed E-state index contributed by atoms with van der Waals surface area (Å²) < 4.78 is 108. The Labute approximate surface area is 848 Å². The van der Waals surface area contributed by atoms with Crippen molar-refractivity contribution in [3.8, 4) is 135 Å². The van der Waals surface area contributed by atoms with Gasteiger partial charge in [-0.15, -0.1) is 31.7 Å². The topological polar surface area (TPSA) is 416 Å². The number of thiophene rings is 1. The molecule has 0 unspecified atom stereocenters. The van der Waals surface area contributed by atoms with Gasteiger partial charge in [0.15, 0.2) is 46.6 Å². The zero-order valence-corrected chi connectivity index (χ0v) is 86.2. The Morgan fingerprint density at radius 3 is 0.979 bits per heavy atom. The van der Waals surface area contributed by atoms with Gasteiger partial charge in [-0.2, -0.15) is 28.9 Å². The summed E-state index contributed by atoms with van der Waals surface area (Å²) >= 11 is 7.55. The highest BCUT2D eigenvalue weighted by atomic mass is 35.5. The summed E-state index contributed by atoms with van der Waals surface area (Å²) in [6.45, 7) is 48.2. The molecule has 43 heteroatoms. The maximum Gasteiger partial charge on any atom is 0.190 e. The zero-order valence-electron chi connectivity index (χ0n) is 84.7. The lowest BCUT2D eigenvalue weighted by Gasteiger charge is -2.19. The normalized spacial score (nSPS) is 11.5. The number of nitrogens with zero attached hydrogens (tertiary/aromatic N) is 28. The molecular weight excluding hydrogens is 1900 g/mol. The molecule has 16 aromatic rings. The SMILES string of the molecule is CCN(CC)CCOc1ccc(-n2nnnc2-c2cc(-c3cc(C)cs3)cnc2N)c(F)c1C.CCN(CC)CCOc1ccc(-n2nnnc2-c2cc(-c3ccc(F)c(Cl)c3)cnc2N)c(F)c1C.CCN(CC)CCOc1ccc(-n2nnnc2-c2cc(-c3cnn(CC(C)C)c3)cnc2N)c(F)c1C.CCN(CC)CCOc1ccc(-n2nnnc2-c2cc(-c3cnn(CCC(C)C)c3)cnc2N)c(F)c1C. The predicted molar refractivity (Wildman–Crippen MR) is 554 cm³/mol. The number of ether oxygens (including phenoxy) is 4. The van der Waals surface area contributed by atoms with Crippen LogP contribution in [0.15, 0.2) is 152 Å². The van der Waals surface area contributed by atoms with E-state index in [1.807, 2.05) is 46.9 Å². The molecule has 764 valence electrons. The molecule has 0 saturated heterocycles. The van der Waals surface area contributed by atoms with Gasteiger partial charge < -0.3 is 61.5 Å². The maximum atomic E-state index is 15.6. The average molecular weight is 2020 g/mol. The van der Waals surface area contributed by atoms with E-state index in [4.69, 9.17) is 53.5 Å². The third kappa shape index (κ3) is 26.3. The van der Waals surface area contributed by atoms with Crippen molar-refractivity contribution in [3.63, 3.8) is 0 Å². The van der Waals surface area contributed by atoms with Gasteiger partial charge in [0.1, 0.15) is 101 Å². The number of nitrogens with two attached hydrogens (primary N) is 4. The van der Waals surface area contributed by atoms with Crippen LogP contribution in [0.3, 0.4) is 0 Å². The van der Waals surface area contributed by atoms with Crippen molar-refractivity contribution in [2.45, 2.75) is 137 Å². The first-order valence-corrected chi connectivity index (χ1v) is 49.5. The van der Waals surface area contributed by atoms with Crippen LogP contribution in [0.5, 0.6) is 23.0 Å². The average Bonchev–Trinajstić information content (AvgIpc) is 1.70. The van der Waals surface area contributed by atoms with Crippen LogP contribution in [0, 0.1) is 75.5 Å². The zero-order chi connectivity index (χ0) is 104. The molecular formula is C102H124ClF5N32O4S. The fourth-order valence-corrected chi connectivity index (χ4v) is 16.8. The Morgan fingerprint density at radius 1 is 0.366 bits per heavy atom. The summed E-state index contributed by atoms with van der Waals surface area (Å²) in [6.07, 6.45) is 15.2. The van der Waals surface area contributed by atoms with E-state index in [9.17, 15) is 4.39 Å². The lowest BCUT2D eigenvalue weighted by Crippen LogP contribution is -2.28. The Balaban J connectivity index is 0.000000162. The molecule has 0 spiro atoms. The van der Waals surface area contributed by atoms with Crippen LogP contribution in [-0.2, 0) is 13.1 Å². The fourth-order valence-electron chi connectivity index (χ4n) is 15.8. The minimum Gasteiger partial charge on any atom is -0.492 e. The molecule has 5 aromatic carbocycles. The second-order valence-electron chi connectivity index (χ2n) is 35.0. The number of likely N-dealkylation sites (N-methyl/N-ethyl adjacent to an activating group) is 4. The number of hydrogen-bond donors (Lipinski definition) is 4.